The molecule has 0 aromatic rings. The summed E-state index contributed by atoms with van der Waals surface area (Å²) in [5, 5.41) is 0. The van der Waals surface area contributed by atoms with Gasteiger partial charge >= 0.3 is 0 Å². The highest BCUT2D eigenvalue weighted by molar-refractivity contribution is 6.84. The summed E-state index contributed by atoms with van der Waals surface area (Å²) < 4.78 is 6.05. The molecular weight excluding hydrogens is 180 g/mol. The molecule has 3 heteroatoms. The Kier molecular flexibility index (Phi) is 9.03. The van der Waals surface area contributed by atoms with E-state index in [1.54, 1.807) is 0 Å². The maximum Gasteiger partial charge on any atom is 0.173 e. The summed E-state index contributed by atoms with van der Waals surface area (Å²) in [7, 11) is -2.50. The van der Waals surface area contributed by atoms with Crippen LogP contribution in [-0.4, -0.2) is 16.6 Å². The molecule has 0 aromatic heterocycles. The Morgan fingerprint density at radius 2 is 1.25 bits per heavy atom. The van der Waals surface area contributed by atoms with E-state index in [9.17, 15) is 0 Å². The molecule has 0 aromatic carbocycles. The van der Waals surface area contributed by atoms with Gasteiger partial charge in [0, 0.05) is 0 Å². The molecular formula is C9H28OSi2. The van der Waals surface area contributed by atoms with E-state index < -0.39 is 16.6 Å². The quantitative estimate of drug-likeness (QED) is 0.627. The second-order valence-corrected chi connectivity index (χ2v) is 13.6. The van der Waals surface area contributed by atoms with Crippen LogP contribution in [0.3, 0.4) is 0 Å². The van der Waals surface area contributed by atoms with Crippen LogP contribution in [0.5, 0.6) is 0 Å². The first kappa shape index (κ1) is 18.2. The maximum absolute atomic E-state index is 6.05. The zero-order chi connectivity index (χ0) is 8.41. The summed E-state index contributed by atoms with van der Waals surface area (Å²) in [4.78, 5) is 0. The average Bonchev–Trinajstić information content (AvgIpc) is 1.60. The molecule has 0 fully saturated rings. The summed E-state index contributed by atoms with van der Waals surface area (Å²) in [5.74, 6) is 0. The number of hydrogen-bond donors (Lipinski definition) is 0. The predicted octanol–water partition coefficient (Wildman–Crippen LogP) is 4.34. The van der Waals surface area contributed by atoms with Crippen LogP contribution >= 0.6 is 0 Å². The van der Waals surface area contributed by atoms with Crippen LogP contribution in [0.15, 0.2) is 0 Å². The Morgan fingerprint density at radius 3 is 1.33 bits per heavy atom. The van der Waals surface area contributed by atoms with E-state index in [1.165, 1.54) is 6.04 Å². The van der Waals surface area contributed by atoms with E-state index in [0.29, 0.717) is 0 Å². The van der Waals surface area contributed by atoms with Gasteiger partial charge in [-0.15, -0.1) is 0 Å². The summed E-state index contributed by atoms with van der Waals surface area (Å²) in [6.07, 6.45) is 0. The molecule has 0 heterocycles. The summed E-state index contributed by atoms with van der Waals surface area (Å²) in [6, 6.07) is 1.23. The molecule has 0 unspecified atom stereocenters. The molecule has 0 saturated carbocycles. The van der Waals surface area contributed by atoms with Gasteiger partial charge in [0.05, 0.1) is 0 Å². The van der Waals surface area contributed by atoms with Crippen LogP contribution in [0.25, 0.3) is 0 Å². The summed E-state index contributed by atoms with van der Waals surface area (Å²) >= 11 is 0. The Labute approximate surface area is 81.8 Å². The largest absolute Gasteiger partial charge is 0.456 e. The first-order valence-electron chi connectivity index (χ1n) is 3.97. The van der Waals surface area contributed by atoms with Gasteiger partial charge in [0.15, 0.2) is 16.6 Å². The first-order valence-corrected chi connectivity index (χ1v) is 10.5. The Balaban J connectivity index is -0.000000405. The second-order valence-electron chi connectivity index (χ2n) is 4.33. The Bertz CT molecular complexity index is 106. The molecule has 0 atom stereocenters. The Morgan fingerprint density at radius 1 is 0.917 bits per heavy atom. The summed E-state index contributed by atoms with van der Waals surface area (Å²) in [6.45, 7) is 13.6. The smallest absolute Gasteiger partial charge is 0.173 e. The van der Waals surface area contributed by atoms with Crippen molar-refractivity contribution in [3.63, 3.8) is 0 Å². The van der Waals surface area contributed by atoms with Gasteiger partial charge in [-0.25, -0.2) is 0 Å². The van der Waals surface area contributed by atoms with Crippen LogP contribution < -0.4 is 0 Å². The lowest BCUT2D eigenvalue weighted by molar-refractivity contribution is 0.550. The normalized spacial score (nSPS) is 11.5. The van der Waals surface area contributed by atoms with E-state index >= 15 is 0 Å². The van der Waals surface area contributed by atoms with Crippen LogP contribution in [0.2, 0.25) is 38.8 Å². The predicted molar refractivity (Wildman–Crippen MR) is 65.9 cm³/mol. The molecule has 0 bridgehead atoms. The molecule has 0 spiro atoms. The SMILES string of the molecule is C.C.CC[Si](C)(C)O[Si](C)(C)C. The number of rotatable bonds is 3. The van der Waals surface area contributed by atoms with Crippen molar-refractivity contribution in [2.75, 3.05) is 0 Å². The highest BCUT2D eigenvalue weighted by Gasteiger charge is 2.27. The summed E-state index contributed by atoms with van der Waals surface area (Å²) in [5.41, 5.74) is 0. The molecule has 0 aliphatic carbocycles. The lowest BCUT2D eigenvalue weighted by atomic mass is 11.0. The van der Waals surface area contributed by atoms with E-state index in [1.807, 2.05) is 0 Å². The van der Waals surface area contributed by atoms with Crippen molar-refractivity contribution < 1.29 is 4.12 Å². The van der Waals surface area contributed by atoms with Crippen LogP contribution in [-0.2, 0) is 4.12 Å². The van der Waals surface area contributed by atoms with Crippen LogP contribution in [0.4, 0.5) is 0 Å². The van der Waals surface area contributed by atoms with Gasteiger partial charge in [-0.2, -0.15) is 0 Å². The van der Waals surface area contributed by atoms with Crippen LogP contribution in [0, 0.1) is 0 Å². The minimum Gasteiger partial charge on any atom is -0.456 e. The van der Waals surface area contributed by atoms with Crippen LogP contribution in [0.1, 0.15) is 21.8 Å². The van der Waals surface area contributed by atoms with Gasteiger partial charge in [-0.1, -0.05) is 21.8 Å². The maximum atomic E-state index is 6.05. The zero-order valence-corrected chi connectivity index (χ0v) is 10.1. The van der Waals surface area contributed by atoms with Gasteiger partial charge in [-0.3, -0.25) is 0 Å². The van der Waals surface area contributed by atoms with Crippen molar-refractivity contribution in [2.45, 2.75) is 60.6 Å². The van der Waals surface area contributed by atoms with E-state index in [-0.39, 0.29) is 14.9 Å². The second kappa shape index (κ2) is 5.94. The van der Waals surface area contributed by atoms with Crippen molar-refractivity contribution in [1.82, 2.24) is 0 Å². The Hall–Kier alpha value is 0.394. The third-order valence-corrected chi connectivity index (χ3v) is 7.80. The van der Waals surface area contributed by atoms with Gasteiger partial charge in [0.2, 0.25) is 0 Å². The fourth-order valence-electron chi connectivity index (χ4n) is 0.901. The zero-order valence-electron chi connectivity index (χ0n) is 8.12. The van der Waals surface area contributed by atoms with E-state index in [4.69, 9.17) is 4.12 Å². The van der Waals surface area contributed by atoms with Gasteiger partial charge in [0.1, 0.15) is 0 Å². The third-order valence-electron chi connectivity index (χ3n) is 1.43. The van der Waals surface area contributed by atoms with E-state index in [2.05, 4.69) is 39.7 Å². The van der Waals surface area contributed by atoms with Crippen molar-refractivity contribution in [2.24, 2.45) is 0 Å². The van der Waals surface area contributed by atoms with Gasteiger partial charge in [-0.05, 0) is 38.8 Å². The first-order chi connectivity index (χ1) is 4.27. The fourth-order valence-corrected chi connectivity index (χ4v) is 8.11. The standard InChI is InChI=1S/C7H20OSi2.2CH4/c1-7-10(5,6)8-9(2,3)4;;/h7H2,1-6H3;2*1H4. The fraction of sp³-hybridized carbons (Fsp3) is 1.00. The molecule has 0 saturated heterocycles. The molecule has 1 nitrogen and oxygen atoms in total. The van der Waals surface area contributed by atoms with Gasteiger partial charge in [0.25, 0.3) is 0 Å². The minimum atomic E-state index is -1.25. The van der Waals surface area contributed by atoms with E-state index in [0.717, 1.165) is 0 Å². The topological polar surface area (TPSA) is 9.23 Å². The highest BCUT2D eigenvalue weighted by atomic mass is 28.4. The molecule has 12 heavy (non-hydrogen) atoms. The third kappa shape index (κ3) is 10.4. The van der Waals surface area contributed by atoms with Crippen molar-refractivity contribution in [3.05, 3.63) is 0 Å². The number of hydrogen-bond acceptors (Lipinski definition) is 1. The molecule has 0 rings (SSSR count). The molecule has 78 valence electrons. The molecule has 0 N–H and O–H groups in total. The molecule has 0 radical (unpaired) electrons. The molecule has 0 aliphatic rings. The van der Waals surface area contributed by atoms with Gasteiger partial charge < -0.3 is 4.12 Å². The minimum absolute atomic E-state index is 0. The monoisotopic (exact) mass is 208 g/mol. The highest BCUT2D eigenvalue weighted by Crippen LogP contribution is 2.16. The van der Waals surface area contributed by atoms with Crippen molar-refractivity contribution in [1.29, 1.82) is 0 Å². The van der Waals surface area contributed by atoms with Crippen molar-refractivity contribution >= 4 is 16.6 Å². The lowest BCUT2D eigenvalue weighted by Crippen LogP contribution is -2.41. The molecule has 0 aliphatic heterocycles. The lowest BCUT2D eigenvalue weighted by Gasteiger charge is -2.30. The van der Waals surface area contributed by atoms with Crippen molar-refractivity contribution in [3.8, 4) is 0 Å². The average molecular weight is 208 g/mol. The molecule has 0 amide bonds.